The monoisotopic (exact) mass is 605 g/mol. The molecule has 7 rings (SSSR count). The second kappa shape index (κ2) is 11.9. The zero-order chi connectivity index (χ0) is 30.4. The molecule has 0 heterocycles. The summed E-state index contributed by atoms with van der Waals surface area (Å²) in [5.41, 5.74) is 3.98. The Balaban J connectivity index is 1.23. The van der Waals surface area contributed by atoms with Gasteiger partial charge in [0.15, 0.2) is 0 Å². The minimum absolute atomic E-state index is 0.130. The number of aryl methyl sites for hydroxylation is 1. The largest absolute Gasteiger partial charge is 0.352 e. The van der Waals surface area contributed by atoms with Crippen molar-refractivity contribution >= 4 is 27.5 Å². The molecule has 2 amide bonds. The molecular weight excluding hydrogens is 558 g/mol. The quantitative estimate of drug-likeness (QED) is 0.376. The fraction of sp³-hybridized carbons (Fsp3) is 0.600. The van der Waals surface area contributed by atoms with E-state index in [4.69, 9.17) is 0 Å². The number of nitrogens with zero attached hydrogens (tertiary/aromatic N) is 2. The van der Waals surface area contributed by atoms with Crippen LogP contribution in [-0.2, 0) is 31.6 Å². The van der Waals surface area contributed by atoms with Crippen LogP contribution in [0.3, 0.4) is 0 Å². The average Bonchev–Trinajstić information content (AvgIpc) is 3.46. The van der Waals surface area contributed by atoms with Gasteiger partial charge in [0.25, 0.3) is 0 Å². The number of benzene rings is 2. The Labute approximate surface area is 257 Å². The first-order valence-electron chi connectivity index (χ1n) is 16.2. The van der Waals surface area contributed by atoms with Crippen LogP contribution in [0.15, 0.2) is 48.5 Å². The van der Waals surface area contributed by atoms with Gasteiger partial charge < -0.3 is 10.2 Å². The standard InChI is InChI=1S/C35H47N3O4S/c1-24-7-6-8-26(15-24)22-37(25(2)34(40)36-31-9-4-5-10-31)33(39)23-38(43(3,41)42)32-13-11-30(12-14-32)35-19-27-16-28(20-35)18-29(17-27)21-35/h6-8,11-15,25,27-29,31H,4-5,9-10,16-23H2,1-3H3,(H,36,40)/t25-,27?,28?,29?,35?/m1/s1. The predicted octanol–water partition coefficient (Wildman–Crippen LogP) is 5.70. The lowest BCUT2D eigenvalue weighted by Gasteiger charge is -2.57. The van der Waals surface area contributed by atoms with Crippen LogP contribution >= 0.6 is 0 Å². The van der Waals surface area contributed by atoms with E-state index in [0.717, 1.165) is 60.8 Å². The second-order valence-electron chi connectivity index (χ2n) is 14.2. The topological polar surface area (TPSA) is 86.8 Å². The highest BCUT2D eigenvalue weighted by Crippen LogP contribution is 2.60. The van der Waals surface area contributed by atoms with Gasteiger partial charge in [-0.2, -0.15) is 0 Å². The van der Waals surface area contributed by atoms with Crippen LogP contribution in [0.2, 0.25) is 0 Å². The van der Waals surface area contributed by atoms with Crippen molar-refractivity contribution in [1.82, 2.24) is 10.2 Å². The van der Waals surface area contributed by atoms with Crippen molar-refractivity contribution in [2.24, 2.45) is 17.8 Å². The van der Waals surface area contributed by atoms with Crippen LogP contribution in [0.25, 0.3) is 0 Å². The summed E-state index contributed by atoms with van der Waals surface area (Å²) in [7, 11) is -3.76. The number of carbonyl (C=O) groups is 2. The first-order chi connectivity index (χ1) is 20.5. The Morgan fingerprint density at radius 1 is 0.953 bits per heavy atom. The van der Waals surface area contributed by atoms with Crippen LogP contribution in [0, 0.1) is 24.7 Å². The third kappa shape index (κ3) is 6.50. The highest BCUT2D eigenvalue weighted by Gasteiger charge is 2.51. The number of carbonyl (C=O) groups excluding carboxylic acids is 2. The first kappa shape index (κ1) is 30.2. The minimum Gasteiger partial charge on any atom is -0.352 e. The lowest BCUT2D eigenvalue weighted by atomic mass is 9.48. The molecule has 43 heavy (non-hydrogen) atoms. The van der Waals surface area contributed by atoms with Crippen molar-refractivity contribution in [2.45, 2.75) is 102 Å². The van der Waals surface area contributed by atoms with Crippen molar-refractivity contribution in [2.75, 3.05) is 17.1 Å². The molecule has 5 saturated carbocycles. The van der Waals surface area contributed by atoms with E-state index in [0.29, 0.717) is 5.69 Å². The van der Waals surface area contributed by atoms with E-state index in [1.54, 1.807) is 6.92 Å². The molecule has 2 aromatic carbocycles. The Morgan fingerprint density at radius 3 is 2.12 bits per heavy atom. The van der Waals surface area contributed by atoms with Gasteiger partial charge >= 0.3 is 0 Å². The summed E-state index contributed by atoms with van der Waals surface area (Å²) < 4.78 is 27.4. The fourth-order valence-corrected chi connectivity index (χ4v) is 9.89. The van der Waals surface area contributed by atoms with E-state index in [1.165, 1.54) is 53.3 Å². The van der Waals surface area contributed by atoms with Gasteiger partial charge in [-0.25, -0.2) is 8.42 Å². The molecule has 5 aliphatic carbocycles. The van der Waals surface area contributed by atoms with E-state index in [9.17, 15) is 18.0 Å². The van der Waals surface area contributed by atoms with Crippen LogP contribution in [-0.4, -0.2) is 50.0 Å². The predicted molar refractivity (Wildman–Crippen MR) is 170 cm³/mol. The molecule has 232 valence electrons. The Hall–Kier alpha value is -2.87. The van der Waals surface area contributed by atoms with Gasteiger partial charge in [-0.15, -0.1) is 0 Å². The normalized spacial score (nSPS) is 27.2. The number of anilines is 1. The lowest BCUT2D eigenvalue weighted by Crippen LogP contribution is -2.52. The van der Waals surface area contributed by atoms with E-state index in [1.807, 2.05) is 43.3 Å². The van der Waals surface area contributed by atoms with Crippen molar-refractivity contribution in [3.8, 4) is 0 Å². The van der Waals surface area contributed by atoms with E-state index < -0.39 is 22.0 Å². The maximum Gasteiger partial charge on any atom is 0.244 e. The third-order valence-corrected chi connectivity index (χ3v) is 11.9. The molecule has 0 aliphatic heterocycles. The molecule has 1 N–H and O–H groups in total. The summed E-state index contributed by atoms with van der Waals surface area (Å²) >= 11 is 0. The van der Waals surface area contributed by atoms with Crippen molar-refractivity contribution in [3.05, 3.63) is 65.2 Å². The number of amides is 2. The Morgan fingerprint density at radius 2 is 1.56 bits per heavy atom. The molecule has 0 spiro atoms. The van der Waals surface area contributed by atoms with E-state index in [2.05, 4.69) is 17.4 Å². The smallest absolute Gasteiger partial charge is 0.244 e. The molecule has 0 aromatic heterocycles. The maximum absolute atomic E-state index is 14.0. The molecule has 0 unspecified atom stereocenters. The summed E-state index contributed by atoms with van der Waals surface area (Å²) in [5, 5.41) is 3.12. The maximum atomic E-state index is 14.0. The van der Waals surface area contributed by atoms with Gasteiger partial charge in [0.05, 0.1) is 11.9 Å². The number of rotatable bonds is 10. The van der Waals surface area contributed by atoms with Gasteiger partial charge in [-0.05, 0) is 112 Å². The van der Waals surface area contributed by atoms with Gasteiger partial charge in [0.2, 0.25) is 21.8 Å². The highest BCUT2D eigenvalue weighted by molar-refractivity contribution is 7.92. The number of hydrogen-bond donors (Lipinski definition) is 1. The molecule has 4 bridgehead atoms. The molecule has 0 saturated heterocycles. The SMILES string of the molecule is Cc1cccc(CN(C(=O)CN(c2ccc(C34CC5CC(CC(C5)C3)C4)cc2)S(C)(=O)=O)[C@H](C)C(=O)NC2CCCC2)c1. The van der Waals surface area contributed by atoms with Crippen molar-refractivity contribution < 1.29 is 18.0 Å². The Bertz CT molecular complexity index is 1410. The van der Waals surface area contributed by atoms with Crippen LogP contribution in [0.4, 0.5) is 5.69 Å². The molecule has 2 aromatic rings. The van der Waals surface area contributed by atoms with Crippen LogP contribution in [0.1, 0.15) is 87.8 Å². The first-order valence-corrected chi connectivity index (χ1v) is 18.1. The molecule has 7 nitrogen and oxygen atoms in total. The summed E-state index contributed by atoms with van der Waals surface area (Å²) in [6.45, 7) is 3.60. The molecule has 1 atom stereocenters. The summed E-state index contributed by atoms with van der Waals surface area (Å²) in [5.74, 6) is 1.87. The Kier molecular flexibility index (Phi) is 8.35. The molecular formula is C35H47N3O4S. The fourth-order valence-electron chi connectivity index (χ4n) is 9.04. The number of sulfonamides is 1. The van der Waals surface area contributed by atoms with E-state index in [-0.39, 0.29) is 30.5 Å². The molecule has 5 aliphatic rings. The summed E-state index contributed by atoms with van der Waals surface area (Å²) in [6.07, 6.45) is 13.1. The zero-order valence-corrected chi connectivity index (χ0v) is 26.7. The van der Waals surface area contributed by atoms with Gasteiger partial charge in [-0.3, -0.25) is 13.9 Å². The van der Waals surface area contributed by atoms with Gasteiger partial charge in [-0.1, -0.05) is 54.8 Å². The highest BCUT2D eigenvalue weighted by atomic mass is 32.2. The molecule has 8 heteroatoms. The minimum atomic E-state index is -3.76. The van der Waals surface area contributed by atoms with Crippen molar-refractivity contribution in [1.29, 1.82) is 0 Å². The van der Waals surface area contributed by atoms with E-state index >= 15 is 0 Å². The molecule has 0 radical (unpaired) electrons. The lowest BCUT2D eigenvalue weighted by molar-refractivity contribution is -0.139. The molecule has 5 fully saturated rings. The summed E-state index contributed by atoms with van der Waals surface area (Å²) in [6, 6.07) is 15.2. The summed E-state index contributed by atoms with van der Waals surface area (Å²) in [4.78, 5) is 28.8. The van der Waals surface area contributed by atoms with Gasteiger partial charge in [0, 0.05) is 12.6 Å². The van der Waals surface area contributed by atoms with Gasteiger partial charge in [0.1, 0.15) is 12.6 Å². The average molecular weight is 606 g/mol. The van der Waals surface area contributed by atoms with Crippen LogP contribution < -0.4 is 9.62 Å². The second-order valence-corrected chi connectivity index (χ2v) is 16.1. The van der Waals surface area contributed by atoms with Crippen molar-refractivity contribution in [3.63, 3.8) is 0 Å². The number of nitrogens with one attached hydrogen (secondary N) is 1. The zero-order valence-electron chi connectivity index (χ0n) is 25.9. The van der Waals surface area contributed by atoms with Crippen LogP contribution in [0.5, 0.6) is 0 Å². The third-order valence-electron chi connectivity index (χ3n) is 10.8. The number of hydrogen-bond acceptors (Lipinski definition) is 4.